The average molecular weight is 435 g/mol. The van der Waals surface area contributed by atoms with E-state index in [2.05, 4.69) is 21.2 Å². The highest BCUT2D eigenvalue weighted by Gasteiger charge is 2.12. The molecule has 1 aromatic heterocycles. The average Bonchev–Trinajstić information content (AvgIpc) is 3.16. The fourth-order valence-electron chi connectivity index (χ4n) is 2.50. The van der Waals surface area contributed by atoms with E-state index in [0.29, 0.717) is 22.8 Å². The minimum Gasteiger partial charge on any atom is -0.457 e. The Morgan fingerprint density at radius 3 is 2.54 bits per heavy atom. The number of carbonyl (C=O) groups is 2. The third-order valence-corrected chi connectivity index (χ3v) is 4.46. The highest BCUT2D eigenvalue weighted by molar-refractivity contribution is 9.10. The molecule has 1 amide bonds. The van der Waals surface area contributed by atoms with Crippen molar-refractivity contribution in [1.82, 2.24) is 0 Å². The molecule has 1 heterocycles. The Morgan fingerprint density at radius 1 is 1.11 bits per heavy atom. The molecule has 0 aliphatic rings. The van der Waals surface area contributed by atoms with Crippen LogP contribution in [0.15, 0.2) is 75.1 Å². The molecule has 2 aromatic carbocycles. The maximum atomic E-state index is 12.3. The van der Waals surface area contributed by atoms with Gasteiger partial charge in [-0.15, -0.1) is 0 Å². The van der Waals surface area contributed by atoms with Crippen molar-refractivity contribution in [3.8, 4) is 17.4 Å². The van der Waals surface area contributed by atoms with Gasteiger partial charge in [0, 0.05) is 27.4 Å². The zero-order valence-electron chi connectivity index (χ0n) is 14.9. The summed E-state index contributed by atoms with van der Waals surface area (Å²) in [7, 11) is 0. The van der Waals surface area contributed by atoms with Gasteiger partial charge in [0.25, 0.3) is 5.91 Å². The number of furan rings is 1. The molecule has 0 spiro atoms. The van der Waals surface area contributed by atoms with Crippen LogP contribution in [0.4, 0.5) is 5.69 Å². The molecule has 0 saturated carbocycles. The van der Waals surface area contributed by atoms with E-state index < -0.39 is 5.91 Å². The van der Waals surface area contributed by atoms with Crippen molar-refractivity contribution in [3.63, 3.8) is 0 Å². The molecule has 138 valence electrons. The van der Waals surface area contributed by atoms with Crippen LogP contribution in [-0.4, -0.2) is 11.7 Å². The van der Waals surface area contributed by atoms with E-state index in [0.717, 1.165) is 10.0 Å². The monoisotopic (exact) mass is 434 g/mol. The summed E-state index contributed by atoms with van der Waals surface area (Å²) < 4.78 is 6.62. The van der Waals surface area contributed by atoms with Crippen LogP contribution >= 0.6 is 15.9 Å². The minimum absolute atomic E-state index is 0.0371. The molecule has 0 saturated heterocycles. The fraction of sp³-hybridized carbons (Fsp3) is 0.0455. The summed E-state index contributed by atoms with van der Waals surface area (Å²) in [6, 6.07) is 19.4. The van der Waals surface area contributed by atoms with E-state index >= 15 is 0 Å². The first-order valence-electron chi connectivity index (χ1n) is 8.36. The van der Waals surface area contributed by atoms with E-state index in [1.165, 1.54) is 13.0 Å². The lowest BCUT2D eigenvalue weighted by atomic mass is 10.1. The van der Waals surface area contributed by atoms with Crippen molar-refractivity contribution in [1.29, 1.82) is 5.26 Å². The minimum atomic E-state index is -0.527. The third kappa shape index (κ3) is 4.64. The maximum Gasteiger partial charge on any atom is 0.266 e. The van der Waals surface area contributed by atoms with Crippen molar-refractivity contribution in [2.45, 2.75) is 6.92 Å². The van der Waals surface area contributed by atoms with Gasteiger partial charge in [-0.2, -0.15) is 5.26 Å². The van der Waals surface area contributed by atoms with Crippen molar-refractivity contribution < 1.29 is 14.0 Å². The van der Waals surface area contributed by atoms with E-state index in [9.17, 15) is 14.9 Å². The topological polar surface area (TPSA) is 83.1 Å². The Balaban J connectivity index is 1.81. The molecule has 6 heteroatoms. The molecule has 3 aromatic rings. The Morgan fingerprint density at radius 2 is 1.86 bits per heavy atom. The molecule has 0 bridgehead atoms. The number of anilines is 1. The number of nitrogens with one attached hydrogen (secondary N) is 1. The molecule has 0 atom stereocenters. The van der Waals surface area contributed by atoms with Crippen molar-refractivity contribution in [2.75, 3.05) is 5.32 Å². The van der Waals surface area contributed by atoms with Crippen molar-refractivity contribution in [3.05, 3.63) is 82.0 Å². The van der Waals surface area contributed by atoms with Crippen LogP contribution in [-0.2, 0) is 4.79 Å². The number of carbonyl (C=O) groups excluding carboxylic acids is 2. The summed E-state index contributed by atoms with van der Waals surface area (Å²) in [6.07, 6.45) is 1.38. The van der Waals surface area contributed by atoms with Crippen molar-refractivity contribution in [2.24, 2.45) is 0 Å². The van der Waals surface area contributed by atoms with Crippen LogP contribution in [0.2, 0.25) is 0 Å². The maximum absolute atomic E-state index is 12.3. The predicted molar refractivity (Wildman–Crippen MR) is 111 cm³/mol. The summed E-state index contributed by atoms with van der Waals surface area (Å²) in [6.45, 7) is 1.50. The van der Waals surface area contributed by atoms with E-state index in [1.54, 1.807) is 54.6 Å². The quantitative estimate of drug-likeness (QED) is 0.328. The number of halogens is 1. The number of ketones is 1. The smallest absolute Gasteiger partial charge is 0.266 e. The first-order chi connectivity index (χ1) is 13.5. The Bertz CT molecular complexity index is 1110. The molecule has 0 aliphatic heterocycles. The van der Waals surface area contributed by atoms with Gasteiger partial charge in [-0.1, -0.05) is 34.1 Å². The normalized spacial score (nSPS) is 11.0. The highest BCUT2D eigenvalue weighted by Crippen LogP contribution is 2.25. The molecule has 0 fully saturated rings. The number of hydrogen-bond acceptors (Lipinski definition) is 4. The van der Waals surface area contributed by atoms with Gasteiger partial charge in [0.2, 0.25) is 0 Å². The molecule has 0 aliphatic carbocycles. The highest BCUT2D eigenvalue weighted by atomic mass is 79.9. The number of rotatable bonds is 5. The number of Topliss-reactive ketones (excluding diaryl/α,β-unsaturated/α-hetero) is 1. The lowest BCUT2D eigenvalue weighted by Crippen LogP contribution is -2.13. The second kappa shape index (κ2) is 8.51. The number of nitrogens with zero attached hydrogens (tertiary/aromatic N) is 1. The molecular weight excluding hydrogens is 420 g/mol. The van der Waals surface area contributed by atoms with Gasteiger partial charge in [-0.25, -0.2) is 0 Å². The molecule has 1 N–H and O–H groups in total. The van der Waals surface area contributed by atoms with Crippen LogP contribution in [0.1, 0.15) is 23.0 Å². The predicted octanol–water partition coefficient (Wildman–Crippen LogP) is 5.46. The van der Waals surface area contributed by atoms with Gasteiger partial charge in [0.15, 0.2) is 5.78 Å². The van der Waals surface area contributed by atoms with E-state index in [4.69, 9.17) is 4.42 Å². The molecule has 5 nitrogen and oxygen atoms in total. The summed E-state index contributed by atoms with van der Waals surface area (Å²) in [5.41, 5.74) is 1.82. The van der Waals surface area contributed by atoms with E-state index in [1.807, 2.05) is 12.1 Å². The fourth-order valence-corrected chi connectivity index (χ4v) is 2.76. The van der Waals surface area contributed by atoms with Crippen LogP contribution in [0.3, 0.4) is 0 Å². The van der Waals surface area contributed by atoms with Gasteiger partial charge < -0.3 is 9.73 Å². The second-order valence-corrected chi connectivity index (χ2v) is 6.89. The number of nitriles is 1. The molecule has 3 rings (SSSR count). The van der Waals surface area contributed by atoms with Crippen molar-refractivity contribution >= 4 is 39.4 Å². The number of benzene rings is 2. The number of amides is 1. The summed E-state index contributed by atoms with van der Waals surface area (Å²) >= 11 is 3.32. The summed E-state index contributed by atoms with van der Waals surface area (Å²) in [4.78, 5) is 23.9. The summed E-state index contributed by atoms with van der Waals surface area (Å²) in [5, 5.41) is 12.0. The van der Waals surface area contributed by atoms with Gasteiger partial charge in [0.1, 0.15) is 23.2 Å². The first-order valence-corrected chi connectivity index (χ1v) is 9.15. The zero-order valence-corrected chi connectivity index (χ0v) is 16.5. The van der Waals surface area contributed by atoms with Gasteiger partial charge >= 0.3 is 0 Å². The van der Waals surface area contributed by atoms with Gasteiger partial charge in [-0.3, -0.25) is 9.59 Å². The largest absolute Gasteiger partial charge is 0.457 e. The first kappa shape index (κ1) is 19.3. The van der Waals surface area contributed by atoms with Crippen LogP contribution in [0.5, 0.6) is 0 Å². The second-order valence-electron chi connectivity index (χ2n) is 5.97. The molecule has 0 unspecified atom stereocenters. The van der Waals surface area contributed by atoms with Gasteiger partial charge in [0.05, 0.1) is 0 Å². The molecular formula is C22H15BrN2O3. The third-order valence-electron chi connectivity index (χ3n) is 3.93. The van der Waals surface area contributed by atoms with Crippen LogP contribution in [0, 0.1) is 11.3 Å². The van der Waals surface area contributed by atoms with Gasteiger partial charge in [-0.05, 0) is 49.4 Å². The van der Waals surface area contributed by atoms with Crippen LogP contribution < -0.4 is 5.32 Å². The Hall–Kier alpha value is -3.43. The van der Waals surface area contributed by atoms with Crippen LogP contribution in [0.25, 0.3) is 17.4 Å². The Labute approximate surface area is 170 Å². The lowest BCUT2D eigenvalue weighted by Gasteiger charge is -2.04. The zero-order chi connectivity index (χ0) is 20.1. The molecule has 28 heavy (non-hydrogen) atoms. The number of hydrogen-bond donors (Lipinski definition) is 1. The lowest BCUT2D eigenvalue weighted by molar-refractivity contribution is -0.112. The standard InChI is InChI=1S/C22H15BrN2O3/c1-14(26)15-3-2-4-16(11-15)21-10-9-20(28-21)12-17(13-24)22(27)25-19-7-5-18(23)6-8-19/h2-12H,1H3,(H,25,27)/b17-12-. The Kier molecular flexibility index (Phi) is 5.87. The van der Waals surface area contributed by atoms with E-state index in [-0.39, 0.29) is 11.4 Å². The SMILES string of the molecule is CC(=O)c1cccc(-c2ccc(/C=C(/C#N)C(=O)Nc3ccc(Br)cc3)o2)c1. The molecule has 0 radical (unpaired) electrons. The summed E-state index contributed by atoms with van der Waals surface area (Å²) in [5.74, 6) is 0.344.